The van der Waals surface area contributed by atoms with E-state index < -0.39 is 12.1 Å². The zero-order valence-corrected chi connectivity index (χ0v) is 16.4. The number of benzene rings is 2. The molecule has 0 saturated heterocycles. The molecule has 0 aliphatic carbocycles. The van der Waals surface area contributed by atoms with Gasteiger partial charge in [0.15, 0.2) is 6.10 Å². The van der Waals surface area contributed by atoms with E-state index in [0.29, 0.717) is 5.02 Å². The number of halogens is 2. The maximum atomic E-state index is 12.5. The number of esters is 1. The second-order valence-corrected chi connectivity index (χ2v) is 6.64. The van der Waals surface area contributed by atoms with Crippen molar-refractivity contribution < 1.29 is 14.3 Å². The number of hydrogen-bond acceptors (Lipinski definition) is 3. The number of amides is 1. The maximum absolute atomic E-state index is 12.5. The van der Waals surface area contributed by atoms with Crippen molar-refractivity contribution in [1.82, 2.24) is 0 Å². The molecule has 0 aromatic heterocycles. The lowest BCUT2D eigenvalue weighted by Crippen LogP contribution is -2.30. The molecule has 0 spiro atoms. The van der Waals surface area contributed by atoms with Gasteiger partial charge in [0, 0.05) is 5.69 Å². The Morgan fingerprint density at radius 1 is 1.04 bits per heavy atom. The van der Waals surface area contributed by atoms with Crippen LogP contribution >= 0.6 is 23.2 Å². The maximum Gasteiger partial charge on any atom is 0.338 e. The predicted molar refractivity (Wildman–Crippen MR) is 105 cm³/mol. The van der Waals surface area contributed by atoms with Gasteiger partial charge in [-0.2, -0.15) is 0 Å². The normalized spacial score (nSPS) is 11.7. The van der Waals surface area contributed by atoms with Crippen molar-refractivity contribution >= 4 is 40.8 Å². The molecule has 0 radical (unpaired) electrons. The number of ether oxygens (including phenoxy) is 1. The molecule has 2 rings (SSSR count). The van der Waals surface area contributed by atoms with Crippen molar-refractivity contribution in [2.45, 2.75) is 39.7 Å². The van der Waals surface area contributed by atoms with Gasteiger partial charge in [0.2, 0.25) is 0 Å². The highest BCUT2D eigenvalue weighted by atomic mass is 35.5. The molecule has 2 aromatic rings. The molecule has 2 aromatic carbocycles. The summed E-state index contributed by atoms with van der Waals surface area (Å²) in [5.41, 5.74) is 3.11. The van der Waals surface area contributed by atoms with Crippen LogP contribution < -0.4 is 5.32 Å². The minimum atomic E-state index is -0.952. The monoisotopic (exact) mass is 393 g/mol. The van der Waals surface area contributed by atoms with E-state index in [4.69, 9.17) is 27.9 Å². The van der Waals surface area contributed by atoms with E-state index in [9.17, 15) is 9.59 Å². The first-order valence-corrected chi connectivity index (χ1v) is 9.20. The summed E-state index contributed by atoms with van der Waals surface area (Å²) in [5.74, 6) is -1.01. The number of carbonyl (C=O) groups is 2. The number of rotatable bonds is 6. The Kier molecular flexibility index (Phi) is 7.06. The minimum absolute atomic E-state index is 0.238. The lowest BCUT2D eigenvalue weighted by atomic mass is 10.0. The van der Waals surface area contributed by atoms with Gasteiger partial charge in [-0.05, 0) is 49.1 Å². The van der Waals surface area contributed by atoms with Crippen LogP contribution in [-0.4, -0.2) is 18.0 Å². The van der Waals surface area contributed by atoms with Gasteiger partial charge < -0.3 is 10.1 Å². The lowest BCUT2D eigenvalue weighted by Gasteiger charge is -2.18. The standard InChI is InChI=1S/C20H21Cl2NO3/c1-4-13-7-6-8-14(5-2)18(13)23-19(24)12(3)26-20(25)15-9-10-16(21)17(22)11-15/h6-12H,4-5H2,1-3H3,(H,23,24)/t12-/m1/s1. The molecule has 0 heterocycles. The quantitative estimate of drug-likeness (QED) is 0.677. The molecule has 0 bridgehead atoms. The lowest BCUT2D eigenvalue weighted by molar-refractivity contribution is -0.123. The average molecular weight is 394 g/mol. The summed E-state index contributed by atoms with van der Waals surface area (Å²) in [6, 6.07) is 10.3. The summed E-state index contributed by atoms with van der Waals surface area (Å²) < 4.78 is 5.26. The highest BCUT2D eigenvalue weighted by molar-refractivity contribution is 6.42. The van der Waals surface area contributed by atoms with Gasteiger partial charge in [-0.25, -0.2) is 4.79 Å². The van der Waals surface area contributed by atoms with E-state index in [-0.39, 0.29) is 16.5 Å². The minimum Gasteiger partial charge on any atom is -0.449 e. The van der Waals surface area contributed by atoms with Crippen LogP contribution in [0.3, 0.4) is 0 Å². The average Bonchev–Trinajstić information content (AvgIpc) is 2.63. The number of para-hydroxylation sites is 1. The van der Waals surface area contributed by atoms with Crippen molar-refractivity contribution in [1.29, 1.82) is 0 Å². The Morgan fingerprint density at radius 2 is 1.65 bits per heavy atom. The van der Waals surface area contributed by atoms with E-state index in [1.807, 2.05) is 32.0 Å². The van der Waals surface area contributed by atoms with E-state index in [0.717, 1.165) is 29.7 Å². The molecule has 138 valence electrons. The van der Waals surface area contributed by atoms with Gasteiger partial charge in [-0.1, -0.05) is 55.2 Å². The van der Waals surface area contributed by atoms with Crippen molar-refractivity contribution in [3.63, 3.8) is 0 Å². The molecule has 4 nitrogen and oxygen atoms in total. The second kappa shape index (κ2) is 9.06. The molecule has 1 amide bonds. The Hall–Kier alpha value is -2.04. The molecule has 1 atom stereocenters. The first-order valence-electron chi connectivity index (χ1n) is 8.45. The van der Waals surface area contributed by atoms with Crippen LogP contribution in [0.15, 0.2) is 36.4 Å². The van der Waals surface area contributed by atoms with E-state index >= 15 is 0 Å². The molecule has 26 heavy (non-hydrogen) atoms. The van der Waals surface area contributed by atoms with Gasteiger partial charge in [0.1, 0.15) is 0 Å². The van der Waals surface area contributed by atoms with Crippen molar-refractivity contribution in [3.8, 4) is 0 Å². The zero-order chi connectivity index (χ0) is 19.3. The number of carbonyl (C=O) groups excluding carboxylic acids is 2. The molecule has 6 heteroatoms. The second-order valence-electron chi connectivity index (χ2n) is 5.82. The third-order valence-corrected chi connectivity index (χ3v) is 4.79. The Labute approximate surface area is 163 Å². The van der Waals surface area contributed by atoms with Gasteiger partial charge >= 0.3 is 5.97 Å². The van der Waals surface area contributed by atoms with Gasteiger partial charge in [-0.3, -0.25) is 4.79 Å². The summed E-state index contributed by atoms with van der Waals surface area (Å²) in [6.07, 6.45) is 0.633. The van der Waals surface area contributed by atoms with E-state index in [2.05, 4.69) is 5.32 Å². The van der Waals surface area contributed by atoms with Crippen LogP contribution in [-0.2, 0) is 22.4 Å². The summed E-state index contributed by atoms with van der Waals surface area (Å²) in [4.78, 5) is 24.7. The van der Waals surface area contributed by atoms with Crippen LogP contribution in [0.2, 0.25) is 10.0 Å². The molecular weight excluding hydrogens is 373 g/mol. The Balaban J connectivity index is 2.10. The summed E-state index contributed by atoms with van der Waals surface area (Å²) in [7, 11) is 0. The fourth-order valence-electron chi connectivity index (χ4n) is 2.53. The fourth-order valence-corrected chi connectivity index (χ4v) is 2.83. The van der Waals surface area contributed by atoms with E-state index in [1.165, 1.54) is 25.1 Å². The number of aryl methyl sites for hydroxylation is 2. The molecule has 0 aliphatic heterocycles. The van der Waals surface area contributed by atoms with Crippen LogP contribution in [0, 0.1) is 0 Å². The summed E-state index contributed by atoms with van der Waals surface area (Å²) >= 11 is 11.8. The smallest absolute Gasteiger partial charge is 0.338 e. The molecule has 0 unspecified atom stereocenters. The molecule has 0 fully saturated rings. The van der Waals surface area contributed by atoms with Gasteiger partial charge in [0.25, 0.3) is 5.91 Å². The topological polar surface area (TPSA) is 55.4 Å². The Bertz CT molecular complexity index is 798. The highest BCUT2D eigenvalue weighted by Gasteiger charge is 2.21. The van der Waals surface area contributed by atoms with Crippen molar-refractivity contribution in [2.75, 3.05) is 5.32 Å². The summed E-state index contributed by atoms with van der Waals surface area (Å²) in [5, 5.41) is 3.49. The molecular formula is C20H21Cl2NO3. The van der Waals surface area contributed by atoms with Crippen LogP contribution in [0.5, 0.6) is 0 Å². The van der Waals surface area contributed by atoms with Crippen molar-refractivity contribution in [3.05, 3.63) is 63.1 Å². The molecule has 1 N–H and O–H groups in total. The Morgan fingerprint density at radius 3 is 2.19 bits per heavy atom. The third kappa shape index (κ3) is 4.77. The first kappa shape index (κ1) is 20.3. The van der Waals surface area contributed by atoms with Crippen LogP contribution in [0.1, 0.15) is 42.3 Å². The largest absolute Gasteiger partial charge is 0.449 e. The van der Waals surface area contributed by atoms with Crippen molar-refractivity contribution in [2.24, 2.45) is 0 Å². The SMILES string of the molecule is CCc1cccc(CC)c1NC(=O)[C@@H](C)OC(=O)c1ccc(Cl)c(Cl)c1. The van der Waals surface area contributed by atoms with Crippen LogP contribution in [0.25, 0.3) is 0 Å². The number of anilines is 1. The predicted octanol–water partition coefficient (Wildman–Crippen LogP) is 5.30. The third-order valence-electron chi connectivity index (χ3n) is 4.06. The first-order chi connectivity index (χ1) is 12.4. The fraction of sp³-hybridized carbons (Fsp3) is 0.300. The number of nitrogens with one attached hydrogen (secondary N) is 1. The van der Waals surface area contributed by atoms with Gasteiger partial charge in [0.05, 0.1) is 15.6 Å². The zero-order valence-electron chi connectivity index (χ0n) is 14.9. The number of hydrogen-bond donors (Lipinski definition) is 1. The highest BCUT2D eigenvalue weighted by Crippen LogP contribution is 2.24. The molecule has 0 aliphatic rings. The summed E-state index contributed by atoms with van der Waals surface area (Å²) in [6.45, 7) is 5.58. The molecule has 0 saturated carbocycles. The van der Waals surface area contributed by atoms with Crippen LogP contribution in [0.4, 0.5) is 5.69 Å². The van der Waals surface area contributed by atoms with Gasteiger partial charge in [-0.15, -0.1) is 0 Å². The van der Waals surface area contributed by atoms with E-state index in [1.54, 1.807) is 0 Å².